The lowest BCUT2D eigenvalue weighted by molar-refractivity contribution is -0.143. The molecule has 3 atom stereocenters. The summed E-state index contributed by atoms with van der Waals surface area (Å²) >= 11 is 0. The van der Waals surface area contributed by atoms with Crippen molar-refractivity contribution < 1.29 is 28.9 Å². The van der Waals surface area contributed by atoms with Gasteiger partial charge in [-0.05, 0) is 66.8 Å². The number of fused-ring (bicyclic) bond motifs is 1. The van der Waals surface area contributed by atoms with Crippen molar-refractivity contribution >= 4 is 17.6 Å². The number of aromatic nitrogens is 1. The molecule has 0 aliphatic carbocycles. The molecule has 1 aromatic heterocycles. The maximum atomic E-state index is 14.0. The van der Waals surface area contributed by atoms with Gasteiger partial charge in [-0.1, -0.05) is 31.5 Å². The van der Waals surface area contributed by atoms with Crippen molar-refractivity contribution in [3.63, 3.8) is 0 Å². The van der Waals surface area contributed by atoms with Crippen LogP contribution in [0.1, 0.15) is 48.9 Å². The van der Waals surface area contributed by atoms with E-state index in [1.54, 1.807) is 13.3 Å². The molecule has 1 fully saturated rings. The Hall–Kier alpha value is -4.15. The zero-order valence-corrected chi connectivity index (χ0v) is 24.8. The number of aliphatic carboxylic acids is 1. The molecule has 0 saturated carbocycles. The number of carboxylic acids is 1. The van der Waals surface area contributed by atoms with E-state index in [1.807, 2.05) is 64.4 Å². The van der Waals surface area contributed by atoms with Crippen LogP contribution < -0.4 is 24.8 Å². The Labute approximate surface area is 252 Å². The Morgan fingerprint density at radius 2 is 2.02 bits per heavy atom. The third-order valence-electron chi connectivity index (χ3n) is 8.40. The summed E-state index contributed by atoms with van der Waals surface area (Å²) in [6.45, 7) is 3.60. The van der Waals surface area contributed by atoms with Crippen molar-refractivity contribution in [2.24, 2.45) is 11.7 Å². The molecule has 2 aliphatic heterocycles. The molecule has 0 radical (unpaired) electrons. The van der Waals surface area contributed by atoms with E-state index in [1.165, 1.54) is 0 Å². The highest BCUT2D eigenvalue weighted by Gasteiger charge is 2.47. The lowest BCUT2D eigenvalue weighted by Crippen LogP contribution is -2.44. The highest BCUT2D eigenvalue weighted by Crippen LogP contribution is 2.47. The second kappa shape index (κ2) is 13.9. The zero-order valence-electron chi connectivity index (χ0n) is 24.8. The summed E-state index contributed by atoms with van der Waals surface area (Å²) < 4.78 is 16.8. The van der Waals surface area contributed by atoms with E-state index in [0.29, 0.717) is 49.7 Å². The third-order valence-corrected chi connectivity index (χ3v) is 8.40. The fourth-order valence-electron chi connectivity index (χ4n) is 6.22. The molecular formula is C33H40N4O6. The summed E-state index contributed by atoms with van der Waals surface area (Å²) in [6.07, 6.45) is 4.65. The molecule has 3 aromatic rings. The fraction of sp³-hybridized carbons (Fsp3) is 0.424. The summed E-state index contributed by atoms with van der Waals surface area (Å²) in [5, 5.41) is 10.6. The minimum Gasteiger partial charge on any atom is -0.493 e. The van der Waals surface area contributed by atoms with Crippen molar-refractivity contribution in [2.45, 2.75) is 51.1 Å². The average molecular weight is 589 g/mol. The van der Waals surface area contributed by atoms with Crippen LogP contribution in [-0.2, 0) is 22.6 Å². The van der Waals surface area contributed by atoms with E-state index in [2.05, 4.69) is 11.9 Å². The van der Waals surface area contributed by atoms with Gasteiger partial charge in [0.05, 0.1) is 19.6 Å². The van der Waals surface area contributed by atoms with Crippen LogP contribution in [0.4, 0.5) is 5.69 Å². The quantitative estimate of drug-likeness (QED) is 0.302. The number of aryl methyl sites for hydroxylation is 1. The van der Waals surface area contributed by atoms with Crippen LogP contribution in [-0.4, -0.2) is 66.4 Å². The molecule has 228 valence electrons. The number of anilines is 1. The highest BCUT2D eigenvalue weighted by atomic mass is 16.7. The Balaban J connectivity index is 1.47. The monoisotopic (exact) mass is 588 g/mol. The third kappa shape index (κ3) is 6.76. The molecule has 3 heterocycles. The first kappa shape index (κ1) is 30.3. The Morgan fingerprint density at radius 1 is 1.16 bits per heavy atom. The number of carbonyl (C=O) groups is 2. The molecule has 10 heteroatoms. The van der Waals surface area contributed by atoms with Gasteiger partial charge in [0, 0.05) is 49.2 Å². The van der Waals surface area contributed by atoms with Gasteiger partial charge in [0.1, 0.15) is 0 Å². The van der Waals surface area contributed by atoms with Crippen LogP contribution in [0.3, 0.4) is 0 Å². The van der Waals surface area contributed by atoms with Crippen molar-refractivity contribution in [3.05, 3.63) is 77.6 Å². The molecule has 3 N–H and O–H groups in total. The van der Waals surface area contributed by atoms with Crippen LogP contribution in [0, 0.1) is 5.92 Å². The SMILES string of the molecule is CCCCN(C(=O)CN1C[C@H](c2cc(OC)c3c(c2)OCO3)[C@@H](C(=O)O)[C@@H]1CCc1ccccn1)c1cccc(CN)c1. The molecule has 10 nitrogen and oxygen atoms in total. The van der Waals surface area contributed by atoms with E-state index in [-0.39, 0.29) is 19.2 Å². The van der Waals surface area contributed by atoms with E-state index >= 15 is 0 Å². The van der Waals surface area contributed by atoms with Crippen LogP contribution >= 0.6 is 0 Å². The maximum Gasteiger partial charge on any atom is 0.308 e. The van der Waals surface area contributed by atoms with Crippen molar-refractivity contribution in [1.29, 1.82) is 0 Å². The Bertz CT molecular complexity index is 1420. The van der Waals surface area contributed by atoms with Gasteiger partial charge in [0.25, 0.3) is 0 Å². The first-order valence-corrected chi connectivity index (χ1v) is 14.9. The zero-order chi connectivity index (χ0) is 30.3. The van der Waals surface area contributed by atoms with Crippen molar-refractivity contribution in [1.82, 2.24) is 9.88 Å². The van der Waals surface area contributed by atoms with Crippen LogP contribution in [0.15, 0.2) is 60.8 Å². The number of unbranched alkanes of at least 4 members (excludes halogenated alkanes) is 1. The number of rotatable bonds is 13. The second-order valence-electron chi connectivity index (χ2n) is 11.1. The number of carbonyl (C=O) groups excluding carboxylic acids is 1. The number of amides is 1. The van der Waals surface area contributed by atoms with Gasteiger partial charge < -0.3 is 30.0 Å². The maximum absolute atomic E-state index is 14.0. The first-order chi connectivity index (χ1) is 20.9. The number of likely N-dealkylation sites (tertiary alicyclic amines) is 1. The predicted octanol–water partition coefficient (Wildman–Crippen LogP) is 4.21. The summed E-state index contributed by atoms with van der Waals surface area (Å²) in [5.74, 6) is -0.582. The second-order valence-corrected chi connectivity index (χ2v) is 11.1. The standard InChI is InChI=1S/C33H40N4O6/c1-3-4-14-37(25-10-7-8-22(15-25)18-34)30(38)20-36-19-26(23-16-28(41-2)32-29(17-23)42-21-43-32)31(33(39)40)27(36)12-11-24-9-5-6-13-35-24/h5-10,13,15-17,26-27,31H,3-4,11-12,14,18-21,34H2,1-2H3,(H,39,40)/t26-,27+,31-/m1/s1. The van der Waals surface area contributed by atoms with Gasteiger partial charge in [-0.15, -0.1) is 0 Å². The number of pyridine rings is 1. The molecule has 0 spiro atoms. The summed E-state index contributed by atoms with van der Waals surface area (Å²) in [5.41, 5.74) is 9.31. The van der Waals surface area contributed by atoms with Gasteiger partial charge >= 0.3 is 5.97 Å². The molecule has 1 amide bonds. The summed E-state index contributed by atoms with van der Waals surface area (Å²) in [4.78, 5) is 35.3. The lowest BCUT2D eigenvalue weighted by atomic mass is 9.83. The van der Waals surface area contributed by atoms with Gasteiger partial charge in [0.15, 0.2) is 11.5 Å². The molecular weight excluding hydrogens is 548 g/mol. The minimum atomic E-state index is -0.902. The molecule has 5 rings (SSSR count). The number of carboxylic acid groups (broad SMARTS) is 1. The number of ether oxygens (including phenoxy) is 3. The van der Waals surface area contributed by atoms with E-state index in [9.17, 15) is 14.7 Å². The molecule has 0 bridgehead atoms. The molecule has 0 unspecified atom stereocenters. The smallest absolute Gasteiger partial charge is 0.308 e. The van der Waals surface area contributed by atoms with Gasteiger partial charge in [0.2, 0.25) is 18.4 Å². The number of nitrogens with zero attached hydrogens (tertiary/aromatic N) is 3. The van der Waals surface area contributed by atoms with Crippen LogP contribution in [0.25, 0.3) is 0 Å². The number of hydrogen-bond acceptors (Lipinski definition) is 8. The number of methoxy groups -OCH3 is 1. The van der Waals surface area contributed by atoms with Gasteiger partial charge in [-0.3, -0.25) is 19.5 Å². The van der Waals surface area contributed by atoms with Crippen LogP contribution in [0.2, 0.25) is 0 Å². The summed E-state index contributed by atoms with van der Waals surface area (Å²) in [7, 11) is 1.55. The fourth-order valence-corrected chi connectivity index (χ4v) is 6.22. The summed E-state index contributed by atoms with van der Waals surface area (Å²) in [6, 6.07) is 16.8. The Kier molecular flexibility index (Phi) is 9.79. The van der Waals surface area contributed by atoms with Gasteiger partial charge in [-0.2, -0.15) is 0 Å². The van der Waals surface area contributed by atoms with Gasteiger partial charge in [-0.25, -0.2) is 0 Å². The molecule has 2 aliphatic rings. The molecule has 43 heavy (non-hydrogen) atoms. The number of nitrogens with two attached hydrogens (primary N) is 1. The number of hydrogen-bond donors (Lipinski definition) is 2. The average Bonchev–Trinajstić information content (AvgIpc) is 3.65. The van der Waals surface area contributed by atoms with E-state index in [4.69, 9.17) is 19.9 Å². The largest absolute Gasteiger partial charge is 0.493 e. The van der Waals surface area contributed by atoms with E-state index in [0.717, 1.165) is 35.3 Å². The predicted molar refractivity (Wildman–Crippen MR) is 162 cm³/mol. The van der Waals surface area contributed by atoms with Crippen molar-refractivity contribution in [3.8, 4) is 17.2 Å². The van der Waals surface area contributed by atoms with Crippen LogP contribution in [0.5, 0.6) is 17.2 Å². The van der Waals surface area contributed by atoms with Crippen molar-refractivity contribution in [2.75, 3.05) is 38.4 Å². The lowest BCUT2D eigenvalue weighted by Gasteiger charge is -2.30. The normalized spacial score (nSPS) is 19.4. The first-order valence-electron chi connectivity index (χ1n) is 14.9. The Morgan fingerprint density at radius 3 is 2.74 bits per heavy atom. The van der Waals surface area contributed by atoms with E-state index < -0.39 is 23.8 Å². The molecule has 1 saturated heterocycles. The minimum absolute atomic E-state index is 0.0708. The topological polar surface area (TPSA) is 127 Å². The highest BCUT2D eigenvalue weighted by molar-refractivity contribution is 5.95. The molecule has 2 aromatic carbocycles. The number of benzene rings is 2.